The van der Waals surface area contributed by atoms with Gasteiger partial charge in [-0.1, -0.05) is 23.2 Å². The molecule has 0 aliphatic heterocycles. The van der Waals surface area contributed by atoms with E-state index in [2.05, 4.69) is 20.9 Å². The number of H-pyrrole nitrogens is 1. The molecule has 88 valence electrons. The molecule has 2 rings (SSSR count). The van der Waals surface area contributed by atoms with Crippen LogP contribution >= 0.6 is 39.1 Å². The second kappa shape index (κ2) is 4.68. The molecular weight excluding hydrogens is 331 g/mol. The monoisotopic (exact) mass is 334 g/mol. The van der Waals surface area contributed by atoms with Gasteiger partial charge in [0.1, 0.15) is 5.15 Å². The Bertz CT molecular complexity index is 662. The summed E-state index contributed by atoms with van der Waals surface area (Å²) in [6.07, 6.45) is 0. The van der Waals surface area contributed by atoms with E-state index in [4.69, 9.17) is 23.2 Å². The lowest BCUT2D eigenvalue weighted by Gasteiger charge is -2.06. The van der Waals surface area contributed by atoms with Crippen molar-refractivity contribution in [3.8, 4) is 5.69 Å². The van der Waals surface area contributed by atoms with Gasteiger partial charge in [0.05, 0.1) is 5.69 Å². The van der Waals surface area contributed by atoms with Crippen LogP contribution in [-0.4, -0.2) is 9.55 Å². The van der Waals surface area contributed by atoms with Gasteiger partial charge in [-0.2, -0.15) is 0 Å². The summed E-state index contributed by atoms with van der Waals surface area (Å²) in [6.45, 7) is 0. The summed E-state index contributed by atoms with van der Waals surface area (Å²) in [5, 5.41) is 0.500. The van der Waals surface area contributed by atoms with Crippen molar-refractivity contribution in [1.82, 2.24) is 9.55 Å². The topological polar surface area (TPSA) is 54.9 Å². The van der Waals surface area contributed by atoms with E-state index in [9.17, 15) is 9.59 Å². The highest BCUT2D eigenvalue weighted by Gasteiger charge is 2.09. The van der Waals surface area contributed by atoms with Gasteiger partial charge in [-0.05, 0) is 34.1 Å². The third kappa shape index (κ3) is 2.46. The predicted octanol–water partition coefficient (Wildman–Crippen LogP) is 2.60. The summed E-state index contributed by atoms with van der Waals surface area (Å²) in [7, 11) is 0. The first-order valence-electron chi connectivity index (χ1n) is 4.46. The van der Waals surface area contributed by atoms with Crippen LogP contribution in [0, 0.1) is 0 Å². The Morgan fingerprint density at radius 1 is 1.18 bits per heavy atom. The molecule has 17 heavy (non-hydrogen) atoms. The van der Waals surface area contributed by atoms with Gasteiger partial charge in [-0.25, -0.2) is 9.36 Å². The molecule has 2 aromatic rings. The highest BCUT2D eigenvalue weighted by Crippen LogP contribution is 2.23. The summed E-state index contributed by atoms with van der Waals surface area (Å²) in [6, 6.07) is 5.88. The van der Waals surface area contributed by atoms with E-state index < -0.39 is 11.2 Å². The Labute approximate surface area is 114 Å². The number of halogens is 3. The van der Waals surface area contributed by atoms with Gasteiger partial charge in [-0.3, -0.25) is 9.78 Å². The molecule has 0 atom stereocenters. The van der Waals surface area contributed by atoms with Gasteiger partial charge in [0.2, 0.25) is 0 Å². The molecule has 1 aromatic carbocycles. The maximum Gasteiger partial charge on any atom is 0.334 e. The number of hydrogen-bond donors (Lipinski definition) is 1. The maximum absolute atomic E-state index is 11.7. The normalized spacial score (nSPS) is 10.5. The summed E-state index contributed by atoms with van der Waals surface area (Å²) >= 11 is 14.6. The molecule has 0 fully saturated rings. The van der Waals surface area contributed by atoms with Crippen molar-refractivity contribution in [3.05, 3.63) is 59.8 Å². The first kappa shape index (κ1) is 12.4. The van der Waals surface area contributed by atoms with Gasteiger partial charge in [0, 0.05) is 15.6 Å². The standard InChI is InChI=1S/C10H5BrCl2N2O2/c11-6-3-5(12)1-2-7(6)15-9(16)4-8(13)14-10(15)17/h1-4H,(H,14,17). The van der Waals surface area contributed by atoms with E-state index >= 15 is 0 Å². The molecular formula is C10H5BrCl2N2O2. The van der Waals surface area contributed by atoms with Crippen molar-refractivity contribution in [1.29, 1.82) is 0 Å². The molecule has 0 aliphatic carbocycles. The summed E-state index contributed by atoms with van der Waals surface area (Å²) < 4.78 is 1.51. The lowest BCUT2D eigenvalue weighted by atomic mass is 10.3. The fourth-order valence-electron chi connectivity index (χ4n) is 1.36. The Balaban J connectivity index is 2.78. The minimum Gasteiger partial charge on any atom is -0.297 e. The number of aromatic nitrogens is 2. The molecule has 1 aromatic heterocycles. The summed E-state index contributed by atoms with van der Waals surface area (Å²) in [5.74, 6) is 0. The maximum atomic E-state index is 11.7. The fraction of sp³-hybridized carbons (Fsp3) is 0. The predicted molar refractivity (Wildman–Crippen MR) is 70.4 cm³/mol. The van der Waals surface area contributed by atoms with Gasteiger partial charge < -0.3 is 0 Å². The van der Waals surface area contributed by atoms with Gasteiger partial charge in [0.15, 0.2) is 0 Å². The minimum absolute atomic E-state index is 0.00124. The van der Waals surface area contributed by atoms with Crippen LogP contribution in [0.15, 0.2) is 38.3 Å². The van der Waals surface area contributed by atoms with Crippen LogP contribution in [0.3, 0.4) is 0 Å². The highest BCUT2D eigenvalue weighted by atomic mass is 79.9. The second-order valence-corrected chi connectivity index (χ2v) is 4.89. The molecule has 0 saturated heterocycles. The molecule has 7 heteroatoms. The van der Waals surface area contributed by atoms with Crippen molar-refractivity contribution in [2.45, 2.75) is 0 Å². The second-order valence-electron chi connectivity index (χ2n) is 3.19. The zero-order chi connectivity index (χ0) is 12.6. The Morgan fingerprint density at radius 3 is 2.47 bits per heavy atom. The van der Waals surface area contributed by atoms with Crippen molar-refractivity contribution in [2.24, 2.45) is 0 Å². The molecule has 0 aliphatic rings. The number of aromatic amines is 1. The molecule has 1 heterocycles. The molecule has 0 radical (unpaired) electrons. The highest BCUT2D eigenvalue weighted by molar-refractivity contribution is 9.10. The number of nitrogens with one attached hydrogen (secondary N) is 1. The van der Waals surface area contributed by atoms with Crippen LogP contribution in [-0.2, 0) is 0 Å². The van der Waals surface area contributed by atoms with E-state index in [0.29, 0.717) is 15.2 Å². The molecule has 0 amide bonds. The van der Waals surface area contributed by atoms with Crippen LogP contribution in [0.4, 0.5) is 0 Å². The molecule has 0 saturated carbocycles. The first-order valence-corrected chi connectivity index (χ1v) is 6.01. The van der Waals surface area contributed by atoms with Gasteiger partial charge in [0.25, 0.3) is 5.56 Å². The van der Waals surface area contributed by atoms with E-state index in [1.165, 1.54) is 0 Å². The molecule has 0 spiro atoms. The van der Waals surface area contributed by atoms with Crippen LogP contribution in [0.1, 0.15) is 0 Å². The number of rotatable bonds is 1. The quantitative estimate of drug-likeness (QED) is 0.814. The average Bonchev–Trinajstić information content (AvgIpc) is 2.19. The van der Waals surface area contributed by atoms with Gasteiger partial charge in [-0.15, -0.1) is 0 Å². The molecule has 4 nitrogen and oxygen atoms in total. The molecule has 0 bridgehead atoms. The van der Waals surface area contributed by atoms with Crippen molar-refractivity contribution >= 4 is 39.1 Å². The lowest BCUT2D eigenvalue weighted by Crippen LogP contribution is -2.33. The Kier molecular flexibility index (Phi) is 3.42. The number of hydrogen-bond acceptors (Lipinski definition) is 2. The van der Waals surface area contributed by atoms with Crippen molar-refractivity contribution in [2.75, 3.05) is 0 Å². The Hall–Kier alpha value is -1.04. The molecule has 0 unspecified atom stereocenters. The van der Waals surface area contributed by atoms with Crippen LogP contribution in [0.25, 0.3) is 5.69 Å². The van der Waals surface area contributed by atoms with Crippen molar-refractivity contribution < 1.29 is 0 Å². The van der Waals surface area contributed by atoms with E-state index in [1.807, 2.05) is 0 Å². The van der Waals surface area contributed by atoms with Crippen molar-refractivity contribution in [3.63, 3.8) is 0 Å². The fourth-order valence-corrected chi connectivity index (χ4v) is 2.39. The van der Waals surface area contributed by atoms with Crippen LogP contribution in [0.5, 0.6) is 0 Å². The average molecular weight is 336 g/mol. The zero-order valence-electron chi connectivity index (χ0n) is 8.21. The lowest BCUT2D eigenvalue weighted by molar-refractivity contribution is 0.872. The zero-order valence-corrected chi connectivity index (χ0v) is 11.3. The minimum atomic E-state index is -0.606. The molecule has 1 N–H and O–H groups in total. The number of benzene rings is 1. The van der Waals surface area contributed by atoms with Crippen LogP contribution in [0.2, 0.25) is 10.2 Å². The summed E-state index contributed by atoms with van der Waals surface area (Å²) in [5.41, 5.74) is -0.718. The first-order chi connectivity index (χ1) is 7.99. The third-order valence-electron chi connectivity index (χ3n) is 2.05. The Morgan fingerprint density at radius 2 is 1.88 bits per heavy atom. The van der Waals surface area contributed by atoms with Crippen LogP contribution < -0.4 is 11.2 Å². The largest absolute Gasteiger partial charge is 0.334 e. The smallest absolute Gasteiger partial charge is 0.297 e. The van der Waals surface area contributed by atoms with E-state index in [-0.39, 0.29) is 5.15 Å². The SMILES string of the molecule is O=c1cc(Cl)[nH]c(=O)n1-c1ccc(Cl)cc1Br. The van der Waals surface area contributed by atoms with E-state index in [1.54, 1.807) is 18.2 Å². The third-order valence-corrected chi connectivity index (χ3v) is 3.12. The van der Waals surface area contributed by atoms with Gasteiger partial charge >= 0.3 is 5.69 Å². The number of nitrogens with zero attached hydrogens (tertiary/aromatic N) is 1. The summed E-state index contributed by atoms with van der Waals surface area (Å²) in [4.78, 5) is 25.7. The van der Waals surface area contributed by atoms with E-state index in [0.717, 1.165) is 10.6 Å².